The van der Waals surface area contributed by atoms with Crippen molar-refractivity contribution in [3.63, 3.8) is 0 Å². The van der Waals surface area contributed by atoms with Gasteiger partial charge in [-0.05, 0) is 33.3 Å². The molecule has 0 unspecified atom stereocenters. The van der Waals surface area contributed by atoms with Crippen LogP contribution in [0.4, 0.5) is 10.6 Å². The molecule has 0 radical (unpaired) electrons. The molecule has 1 fully saturated rings. The van der Waals surface area contributed by atoms with Crippen molar-refractivity contribution in [1.82, 2.24) is 9.88 Å². The molecule has 122 valence electrons. The molecule has 1 saturated heterocycles. The first-order chi connectivity index (χ1) is 10.4. The highest BCUT2D eigenvalue weighted by atomic mass is 16.6. The van der Waals surface area contributed by atoms with E-state index < -0.39 is 5.60 Å². The van der Waals surface area contributed by atoms with E-state index >= 15 is 0 Å². The van der Waals surface area contributed by atoms with Crippen LogP contribution in [-0.2, 0) is 11.3 Å². The van der Waals surface area contributed by atoms with Gasteiger partial charge in [0.15, 0.2) is 0 Å². The number of carbonyl (C=O) groups is 1. The predicted octanol–water partition coefficient (Wildman–Crippen LogP) is 1.99. The van der Waals surface area contributed by atoms with Gasteiger partial charge in [0.05, 0.1) is 0 Å². The minimum Gasteiger partial charge on any atom is -0.444 e. The highest BCUT2D eigenvalue weighted by molar-refractivity contribution is 5.68. The molecule has 0 saturated carbocycles. The second-order valence-corrected chi connectivity index (χ2v) is 6.50. The fraction of sp³-hybridized carbons (Fsp3) is 0.625. The molecule has 2 N–H and O–H groups in total. The molecule has 0 bridgehead atoms. The van der Waals surface area contributed by atoms with Gasteiger partial charge in [-0.3, -0.25) is 0 Å². The molecule has 1 aromatic heterocycles. The van der Waals surface area contributed by atoms with E-state index in [1.165, 1.54) is 0 Å². The van der Waals surface area contributed by atoms with Gasteiger partial charge in [-0.1, -0.05) is 6.07 Å². The zero-order valence-corrected chi connectivity index (χ0v) is 13.7. The molecule has 6 heteroatoms. The Morgan fingerprint density at radius 2 is 2.09 bits per heavy atom. The van der Waals surface area contributed by atoms with Crippen molar-refractivity contribution in [3.05, 3.63) is 23.9 Å². The Balaban J connectivity index is 2.02. The summed E-state index contributed by atoms with van der Waals surface area (Å²) in [7, 11) is 0. The lowest BCUT2D eigenvalue weighted by molar-refractivity contribution is 0.0263. The highest BCUT2D eigenvalue weighted by Gasteiger charge is 2.25. The summed E-state index contributed by atoms with van der Waals surface area (Å²) in [6.07, 6.45) is 2.43. The van der Waals surface area contributed by atoms with E-state index in [1.54, 1.807) is 11.1 Å². The predicted molar refractivity (Wildman–Crippen MR) is 86.8 cm³/mol. The summed E-state index contributed by atoms with van der Waals surface area (Å²) < 4.78 is 5.45. The molecule has 0 aromatic carbocycles. The van der Waals surface area contributed by atoms with Crippen LogP contribution in [-0.4, -0.2) is 47.8 Å². The van der Waals surface area contributed by atoms with Gasteiger partial charge in [-0.15, -0.1) is 0 Å². The van der Waals surface area contributed by atoms with Crippen molar-refractivity contribution in [3.8, 4) is 0 Å². The molecule has 0 atom stereocenters. The molecule has 0 aliphatic carbocycles. The highest BCUT2D eigenvalue weighted by Crippen LogP contribution is 2.19. The normalized spacial score (nSPS) is 16.4. The minimum atomic E-state index is -0.462. The van der Waals surface area contributed by atoms with Gasteiger partial charge in [-0.2, -0.15) is 0 Å². The van der Waals surface area contributed by atoms with Crippen LogP contribution in [0.15, 0.2) is 18.3 Å². The summed E-state index contributed by atoms with van der Waals surface area (Å²) in [4.78, 5) is 20.6. The van der Waals surface area contributed by atoms with E-state index in [0.29, 0.717) is 19.6 Å². The first kappa shape index (κ1) is 16.5. The summed E-state index contributed by atoms with van der Waals surface area (Å²) in [5, 5.41) is 0. The third-order valence-electron chi connectivity index (χ3n) is 3.53. The van der Waals surface area contributed by atoms with Gasteiger partial charge in [0.25, 0.3) is 0 Å². The molecule has 2 heterocycles. The number of carbonyl (C=O) groups excluding carboxylic acids is 1. The first-order valence-corrected chi connectivity index (χ1v) is 7.77. The molecular weight excluding hydrogens is 280 g/mol. The lowest BCUT2D eigenvalue weighted by Gasteiger charge is -2.27. The zero-order valence-electron chi connectivity index (χ0n) is 13.7. The lowest BCUT2D eigenvalue weighted by Crippen LogP contribution is -2.39. The SMILES string of the molecule is CC(C)(C)OC(=O)N1CCCN(c2ncccc2CN)CC1. The Labute approximate surface area is 132 Å². The van der Waals surface area contributed by atoms with Crippen molar-refractivity contribution >= 4 is 11.9 Å². The number of ether oxygens (including phenoxy) is 1. The van der Waals surface area contributed by atoms with E-state index in [-0.39, 0.29) is 6.09 Å². The van der Waals surface area contributed by atoms with Gasteiger partial charge in [-0.25, -0.2) is 9.78 Å². The van der Waals surface area contributed by atoms with E-state index in [2.05, 4.69) is 9.88 Å². The number of hydrogen-bond acceptors (Lipinski definition) is 5. The van der Waals surface area contributed by atoms with Crippen LogP contribution >= 0.6 is 0 Å². The van der Waals surface area contributed by atoms with E-state index in [0.717, 1.165) is 30.9 Å². The Bertz CT molecular complexity index is 513. The van der Waals surface area contributed by atoms with Crippen LogP contribution < -0.4 is 10.6 Å². The Hall–Kier alpha value is -1.82. The number of nitrogens with zero attached hydrogens (tertiary/aromatic N) is 3. The van der Waals surface area contributed by atoms with Crippen LogP contribution in [0.25, 0.3) is 0 Å². The Kier molecular flexibility index (Phi) is 5.24. The van der Waals surface area contributed by atoms with Crippen molar-refractivity contribution in [2.75, 3.05) is 31.1 Å². The average Bonchev–Trinajstić information content (AvgIpc) is 2.71. The van der Waals surface area contributed by atoms with Crippen LogP contribution in [0.1, 0.15) is 32.8 Å². The van der Waals surface area contributed by atoms with Crippen molar-refractivity contribution in [1.29, 1.82) is 0 Å². The van der Waals surface area contributed by atoms with Gasteiger partial charge >= 0.3 is 6.09 Å². The molecular formula is C16H26N4O2. The van der Waals surface area contributed by atoms with Crippen LogP contribution in [0.5, 0.6) is 0 Å². The fourth-order valence-corrected chi connectivity index (χ4v) is 2.51. The van der Waals surface area contributed by atoms with Crippen LogP contribution in [0.3, 0.4) is 0 Å². The summed E-state index contributed by atoms with van der Waals surface area (Å²) in [5.74, 6) is 0.927. The fourth-order valence-electron chi connectivity index (χ4n) is 2.51. The number of pyridine rings is 1. The van der Waals surface area contributed by atoms with Gasteiger partial charge in [0, 0.05) is 44.5 Å². The van der Waals surface area contributed by atoms with E-state index in [9.17, 15) is 4.79 Å². The average molecular weight is 306 g/mol. The smallest absolute Gasteiger partial charge is 0.410 e. The third-order valence-corrected chi connectivity index (χ3v) is 3.53. The van der Waals surface area contributed by atoms with Crippen LogP contribution in [0, 0.1) is 0 Å². The number of nitrogens with two attached hydrogens (primary N) is 1. The molecule has 1 aliphatic rings. The Morgan fingerprint density at radius 3 is 2.77 bits per heavy atom. The third kappa shape index (κ3) is 4.34. The second kappa shape index (κ2) is 6.96. The number of amides is 1. The van der Waals surface area contributed by atoms with Crippen molar-refractivity contribution in [2.24, 2.45) is 5.73 Å². The Morgan fingerprint density at radius 1 is 1.32 bits per heavy atom. The topological polar surface area (TPSA) is 71.7 Å². The van der Waals surface area contributed by atoms with Crippen molar-refractivity contribution < 1.29 is 9.53 Å². The molecule has 22 heavy (non-hydrogen) atoms. The molecule has 2 rings (SSSR count). The number of rotatable bonds is 2. The largest absolute Gasteiger partial charge is 0.444 e. The monoisotopic (exact) mass is 306 g/mol. The van der Waals surface area contributed by atoms with E-state index in [1.807, 2.05) is 32.9 Å². The minimum absolute atomic E-state index is 0.241. The number of aromatic nitrogens is 1. The van der Waals surface area contributed by atoms with Gasteiger partial charge < -0.3 is 20.3 Å². The van der Waals surface area contributed by atoms with Crippen LogP contribution in [0.2, 0.25) is 0 Å². The molecule has 0 spiro atoms. The van der Waals surface area contributed by atoms with E-state index in [4.69, 9.17) is 10.5 Å². The van der Waals surface area contributed by atoms with Gasteiger partial charge in [0.1, 0.15) is 11.4 Å². The maximum atomic E-state index is 12.2. The summed E-state index contributed by atoms with van der Waals surface area (Å²) in [5.41, 5.74) is 6.36. The summed E-state index contributed by atoms with van der Waals surface area (Å²) in [6.45, 7) is 9.07. The van der Waals surface area contributed by atoms with Gasteiger partial charge in [0.2, 0.25) is 0 Å². The number of hydrogen-bond donors (Lipinski definition) is 1. The number of anilines is 1. The quantitative estimate of drug-likeness (QED) is 0.904. The molecule has 1 aliphatic heterocycles. The second-order valence-electron chi connectivity index (χ2n) is 6.50. The standard InChI is InChI=1S/C16H26N4O2/c1-16(2,3)22-15(21)20-9-5-8-19(10-11-20)14-13(12-17)6-4-7-18-14/h4,6-7H,5,8-12,17H2,1-3H3. The zero-order chi connectivity index (χ0) is 16.2. The molecule has 1 amide bonds. The molecule has 6 nitrogen and oxygen atoms in total. The first-order valence-electron chi connectivity index (χ1n) is 7.77. The van der Waals surface area contributed by atoms with Crippen molar-refractivity contribution in [2.45, 2.75) is 39.3 Å². The maximum Gasteiger partial charge on any atom is 0.410 e. The maximum absolute atomic E-state index is 12.2. The summed E-state index contributed by atoms with van der Waals surface area (Å²) >= 11 is 0. The molecule has 1 aromatic rings. The lowest BCUT2D eigenvalue weighted by atomic mass is 10.2. The summed E-state index contributed by atoms with van der Waals surface area (Å²) in [6, 6.07) is 3.90.